The molecule has 1 aromatic rings. The molecule has 1 rings (SSSR count). The van der Waals surface area contributed by atoms with Gasteiger partial charge in [-0.3, -0.25) is 14.4 Å². The normalized spacial score (nSPS) is 11.0. The highest BCUT2D eigenvalue weighted by molar-refractivity contribution is 5.97. The summed E-state index contributed by atoms with van der Waals surface area (Å²) in [6.45, 7) is 3.50. The molecule has 0 heterocycles. The average molecular weight is 292 g/mol. The number of carboxylic acids is 1. The summed E-state index contributed by atoms with van der Waals surface area (Å²) in [7, 11) is 0. The highest BCUT2D eigenvalue weighted by atomic mass is 16.4. The van der Waals surface area contributed by atoms with E-state index < -0.39 is 23.2 Å². The summed E-state index contributed by atoms with van der Waals surface area (Å²) in [5.74, 6) is -1.97. The maximum Gasteiger partial charge on any atom is 0.310 e. The van der Waals surface area contributed by atoms with Crippen LogP contribution in [0.1, 0.15) is 43.5 Å². The minimum absolute atomic E-state index is 0.115. The van der Waals surface area contributed by atoms with Crippen molar-refractivity contribution in [1.82, 2.24) is 0 Å². The third-order valence-electron chi connectivity index (χ3n) is 3.74. The summed E-state index contributed by atoms with van der Waals surface area (Å²) < 4.78 is 0. The first-order chi connectivity index (χ1) is 9.84. The lowest BCUT2D eigenvalue weighted by Gasteiger charge is -2.25. The Morgan fingerprint density at radius 3 is 2.33 bits per heavy atom. The van der Waals surface area contributed by atoms with Gasteiger partial charge in [-0.05, 0) is 31.0 Å². The van der Waals surface area contributed by atoms with E-state index in [9.17, 15) is 19.5 Å². The molecule has 0 fully saturated rings. The fourth-order valence-electron chi connectivity index (χ4n) is 2.14. The fourth-order valence-corrected chi connectivity index (χ4v) is 2.14. The number of carbonyl (C=O) groups is 3. The number of amides is 2. The molecule has 0 aliphatic heterocycles. The number of carbonyl (C=O) groups excluding carboxylic acids is 2. The molecule has 0 aromatic heterocycles. The Kier molecular flexibility index (Phi) is 5.46. The van der Waals surface area contributed by atoms with Gasteiger partial charge < -0.3 is 16.2 Å². The third kappa shape index (κ3) is 4.05. The van der Waals surface area contributed by atoms with Gasteiger partial charge in [0.1, 0.15) is 0 Å². The molecular formula is C15H20N2O4. The Morgan fingerprint density at radius 1 is 1.24 bits per heavy atom. The van der Waals surface area contributed by atoms with E-state index >= 15 is 0 Å². The molecule has 114 valence electrons. The largest absolute Gasteiger partial charge is 0.481 e. The van der Waals surface area contributed by atoms with Crippen LogP contribution in [-0.2, 0) is 9.59 Å². The molecule has 2 amide bonds. The lowest BCUT2D eigenvalue weighted by molar-refractivity contribution is -0.151. The summed E-state index contributed by atoms with van der Waals surface area (Å²) in [6, 6.07) is 6.21. The topological polar surface area (TPSA) is 109 Å². The van der Waals surface area contributed by atoms with E-state index in [0.29, 0.717) is 18.5 Å². The summed E-state index contributed by atoms with van der Waals surface area (Å²) in [4.78, 5) is 34.5. The second kappa shape index (κ2) is 6.88. The van der Waals surface area contributed by atoms with Crippen molar-refractivity contribution in [3.8, 4) is 0 Å². The molecule has 4 N–H and O–H groups in total. The van der Waals surface area contributed by atoms with Crippen molar-refractivity contribution >= 4 is 23.5 Å². The molecule has 21 heavy (non-hydrogen) atoms. The molecule has 0 aliphatic rings. The molecule has 0 saturated carbocycles. The maximum absolute atomic E-state index is 12.0. The van der Waals surface area contributed by atoms with E-state index in [2.05, 4.69) is 5.32 Å². The average Bonchev–Trinajstić information content (AvgIpc) is 2.44. The van der Waals surface area contributed by atoms with E-state index in [1.54, 1.807) is 26.0 Å². The van der Waals surface area contributed by atoms with Gasteiger partial charge in [-0.15, -0.1) is 0 Å². The molecule has 0 radical (unpaired) electrons. The molecule has 0 bridgehead atoms. The van der Waals surface area contributed by atoms with Crippen LogP contribution < -0.4 is 11.1 Å². The lowest BCUT2D eigenvalue weighted by Crippen LogP contribution is -2.34. The van der Waals surface area contributed by atoms with E-state index in [1.165, 1.54) is 12.1 Å². The van der Waals surface area contributed by atoms with E-state index in [1.807, 2.05) is 0 Å². The van der Waals surface area contributed by atoms with Crippen LogP contribution in [0.15, 0.2) is 24.3 Å². The highest BCUT2D eigenvalue weighted by Crippen LogP contribution is 2.31. The molecule has 6 nitrogen and oxygen atoms in total. The number of carboxylic acid groups (broad SMARTS) is 1. The van der Waals surface area contributed by atoms with Crippen molar-refractivity contribution in [2.75, 3.05) is 5.32 Å². The van der Waals surface area contributed by atoms with Gasteiger partial charge >= 0.3 is 5.97 Å². The number of nitrogens with two attached hydrogens (primary N) is 1. The third-order valence-corrected chi connectivity index (χ3v) is 3.74. The number of aliphatic carboxylic acids is 1. The number of hydrogen-bond donors (Lipinski definition) is 3. The predicted octanol–water partition coefficient (Wildman–Crippen LogP) is 2.01. The van der Waals surface area contributed by atoms with Gasteiger partial charge in [0.25, 0.3) is 0 Å². The van der Waals surface area contributed by atoms with Crippen molar-refractivity contribution in [3.63, 3.8) is 0 Å². The summed E-state index contributed by atoms with van der Waals surface area (Å²) in [5.41, 5.74) is 4.80. The van der Waals surface area contributed by atoms with Crippen LogP contribution >= 0.6 is 0 Å². The van der Waals surface area contributed by atoms with Gasteiger partial charge in [-0.1, -0.05) is 19.9 Å². The smallest absolute Gasteiger partial charge is 0.310 e. The Hall–Kier alpha value is -2.37. The molecule has 6 heteroatoms. The molecule has 0 aliphatic carbocycles. The number of nitrogens with one attached hydrogen (secondary N) is 1. The zero-order valence-electron chi connectivity index (χ0n) is 12.2. The Bertz CT molecular complexity index is 550. The van der Waals surface area contributed by atoms with Gasteiger partial charge in [0, 0.05) is 17.7 Å². The van der Waals surface area contributed by atoms with Crippen molar-refractivity contribution in [2.24, 2.45) is 11.1 Å². The predicted molar refractivity (Wildman–Crippen MR) is 78.9 cm³/mol. The Morgan fingerprint density at radius 2 is 1.86 bits per heavy atom. The quantitative estimate of drug-likeness (QED) is 0.714. The number of benzene rings is 1. The minimum Gasteiger partial charge on any atom is -0.481 e. The first-order valence-electron chi connectivity index (χ1n) is 6.77. The molecule has 0 unspecified atom stereocenters. The van der Waals surface area contributed by atoms with Crippen LogP contribution in [0.2, 0.25) is 0 Å². The molecule has 0 atom stereocenters. The second-order valence-corrected chi connectivity index (χ2v) is 4.96. The van der Waals surface area contributed by atoms with Crippen LogP contribution in [0.4, 0.5) is 5.69 Å². The molecular weight excluding hydrogens is 272 g/mol. The van der Waals surface area contributed by atoms with Gasteiger partial charge in [0.05, 0.1) is 5.41 Å². The minimum atomic E-state index is -1.06. The first-order valence-corrected chi connectivity index (χ1v) is 6.77. The van der Waals surface area contributed by atoms with Gasteiger partial charge in [0.2, 0.25) is 11.8 Å². The number of hydrogen-bond acceptors (Lipinski definition) is 3. The number of rotatable bonds is 7. The highest BCUT2D eigenvalue weighted by Gasteiger charge is 2.37. The fraction of sp³-hybridized carbons (Fsp3) is 0.400. The molecule has 1 aromatic carbocycles. The summed E-state index contributed by atoms with van der Waals surface area (Å²) >= 11 is 0. The zero-order chi connectivity index (χ0) is 16.0. The van der Waals surface area contributed by atoms with Crippen molar-refractivity contribution in [2.45, 2.75) is 33.1 Å². The Balaban J connectivity index is 2.84. The number of primary amides is 1. The molecule has 0 saturated heterocycles. The van der Waals surface area contributed by atoms with E-state index in [-0.39, 0.29) is 12.0 Å². The lowest BCUT2D eigenvalue weighted by atomic mass is 9.79. The number of anilines is 1. The van der Waals surface area contributed by atoms with Crippen LogP contribution in [0, 0.1) is 5.41 Å². The van der Waals surface area contributed by atoms with E-state index in [0.717, 1.165) is 0 Å². The molecule has 0 spiro atoms. The van der Waals surface area contributed by atoms with Crippen LogP contribution in [0.5, 0.6) is 0 Å². The van der Waals surface area contributed by atoms with Crippen molar-refractivity contribution < 1.29 is 19.5 Å². The first kappa shape index (κ1) is 16.7. The monoisotopic (exact) mass is 292 g/mol. The van der Waals surface area contributed by atoms with Crippen LogP contribution in [-0.4, -0.2) is 22.9 Å². The van der Waals surface area contributed by atoms with Crippen molar-refractivity contribution in [1.29, 1.82) is 0 Å². The van der Waals surface area contributed by atoms with Gasteiger partial charge in [0.15, 0.2) is 0 Å². The standard InChI is InChI=1S/C15H20N2O4/c1-3-15(4-2,14(20)21)9-12(18)17-11-7-5-6-10(8-11)13(16)19/h5-8H,3-4,9H2,1-2H3,(H2,16,19)(H,17,18)(H,20,21). The summed E-state index contributed by atoms with van der Waals surface area (Å²) in [6.07, 6.45) is 0.622. The zero-order valence-corrected chi connectivity index (χ0v) is 12.2. The maximum atomic E-state index is 12.0. The van der Waals surface area contributed by atoms with Crippen LogP contribution in [0.25, 0.3) is 0 Å². The van der Waals surface area contributed by atoms with Crippen molar-refractivity contribution in [3.05, 3.63) is 29.8 Å². The van der Waals surface area contributed by atoms with Gasteiger partial charge in [-0.2, -0.15) is 0 Å². The van der Waals surface area contributed by atoms with Crippen LogP contribution in [0.3, 0.4) is 0 Å². The second-order valence-electron chi connectivity index (χ2n) is 4.96. The summed E-state index contributed by atoms with van der Waals surface area (Å²) in [5, 5.41) is 11.9. The Labute approximate surface area is 123 Å². The van der Waals surface area contributed by atoms with Gasteiger partial charge in [-0.25, -0.2) is 0 Å². The SMILES string of the molecule is CCC(CC)(CC(=O)Nc1cccc(C(N)=O)c1)C(=O)O. The van der Waals surface area contributed by atoms with E-state index in [4.69, 9.17) is 5.73 Å².